The van der Waals surface area contributed by atoms with Gasteiger partial charge in [0.1, 0.15) is 30.5 Å². The molecule has 10 heteroatoms. The average Bonchev–Trinajstić information content (AvgIpc) is 2.57. The van der Waals surface area contributed by atoms with Crippen LogP contribution in [-0.2, 0) is 14.3 Å². The van der Waals surface area contributed by atoms with E-state index in [0.29, 0.717) is 12.8 Å². The van der Waals surface area contributed by atoms with Crippen LogP contribution >= 0.6 is 0 Å². The molecular formula is C15H29NO9. The van der Waals surface area contributed by atoms with E-state index in [9.17, 15) is 30.3 Å². The van der Waals surface area contributed by atoms with Crippen molar-refractivity contribution in [2.24, 2.45) is 0 Å². The molecule has 6 unspecified atom stereocenters. The molecule has 1 saturated heterocycles. The van der Waals surface area contributed by atoms with Crippen molar-refractivity contribution in [1.82, 2.24) is 5.32 Å². The molecule has 1 amide bonds. The molecule has 148 valence electrons. The first kappa shape index (κ1) is 22.2. The largest absolute Gasteiger partial charge is 0.394 e. The van der Waals surface area contributed by atoms with Crippen molar-refractivity contribution in [2.45, 2.75) is 75.6 Å². The molecule has 0 saturated carbocycles. The van der Waals surface area contributed by atoms with E-state index in [0.717, 1.165) is 0 Å². The maximum atomic E-state index is 11.7. The molecule has 8 atom stereocenters. The predicted molar refractivity (Wildman–Crippen MR) is 84.2 cm³/mol. The molecule has 1 aliphatic heterocycles. The predicted octanol–water partition coefficient (Wildman–Crippen LogP) is -3.17. The van der Waals surface area contributed by atoms with Crippen LogP contribution in [0.25, 0.3) is 0 Å². The number of aliphatic hydroxyl groups is 6. The minimum absolute atomic E-state index is 0.275. The Labute approximate surface area is 146 Å². The van der Waals surface area contributed by atoms with Gasteiger partial charge in [0.25, 0.3) is 0 Å². The Balaban J connectivity index is 2.71. The average molecular weight is 367 g/mol. The number of aliphatic hydroxyl groups excluding tert-OH is 6. The van der Waals surface area contributed by atoms with Gasteiger partial charge >= 0.3 is 0 Å². The third-order valence-electron chi connectivity index (χ3n) is 4.04. The van der Waals surface area contributed by atoms with E-state index in [-0.39, 0.29) is 6.61 Å². The molecule has 1 heterocycles. The first-order chi connectivity index (χ1) is 11.7. The van der Waals surface area contributed by atoms with Crippen molar-refractivity contribution in [3.05, 3.63) is 0 Å². The lowest BCUT2D eigenvalue weighted by Gasteiger charge is -2.40. The number of hydrogen-bond acceptors (Lipinski definition) is 9. The molecule has 0 aromatic carbocycles. The highest BCUT2D eigenvalue weighted by atomic mass is 16.7. The second-order valence-electron chi connectivity index (χ2n) is 6.18. The summed E-state index contributed by atoms with van der Waals surface area (Å²) in [5, 5.41) is 60.3. The van der Waals surface area contributed by atoms with E-state index in [2.05, 4.69) is 5.32 Å². The Morgan fingerprint density at radius 2 is 1.84 bits per heavy atom. The van der Waals surface area contributed by atoms with Crippen molar-refractivity contribution < 1.29 is 44.9 Å². The zero-order valence-corrected chi connectivity index (χ0v) is 14.4. The van der Waals surface area contributed by atoms with E-state index >= 15 is 0 Å². The Kier molecular flexibility index (Phi) is 9.17. The van der Waals surface area contributed by atoms with Crippen LogP contribution in [-0.4, -0.2) is 98.7 Å². The number of carbonyl (C=O) groups is 1. The van der Waals surface area contributed by atoms with Crippen molar-refractivity contribution in [3.63, 3.8) is 0 Å². The summed E-state index contributed by atoms with van der Waals surface area (Å²) >= 11 is 0. The smallest absolute Gasteiger partial charge is 0.248 e. The minimum atomic E-state index is -1.58. The van der Waals surface area contributed by atoms with Gasteiger partial charge in [-0.05, 0) is 13.3 Å². The van der Waals surface area contributed by atoms with Gasteiger partial charge in [-0.15, -0.1) is 0 Å². The Bertz CT molecular complexity index is 406. The first-order valence-corrected chi connectivity index (χ1v) is 8.31. The summed E-state index contributed by atoms with van der Waals surface area (Å²) in [4.78, 5) is 11.7. The zero-order chi connectivity index (χ0) is 19.1. The van der Waals surface area contributed by atoms with Crippen LogP contribution in [0.15, 0.2) is 0 Å². The normalized spacial score (nSPS) is 33.5. The van der Waals surface area contributed by atoms with Gasteiger partial charge in [0.15, 0.2) is 6.29 Å². The van der Waals surface area contributed by atoms with Crippen LogP contribution in [0.3, 0.4) is 0 Å². The highest BCUT2D eigenvalue weighted by molar-refractivity contribution is 5.80. The molecule has 1 rings (SSSR count). The molecule has 25 heavy (non-hydrogen) atoms. The first-order valence-electron chi connectivity index (χ1n) is 8.31. The monoisotopic (exact) mass is 367 g/mol. The van der Waals surface area contributed by atoms with E-state index in [4.69, 9.17) is 14.6 Å². The van der Waals surface area contributed by atoms with Crippen LogP contribution in [0.2, 0.25) is 0 Å². The number of amides is 1. The summed E-state index contributed by atoms with van der Waals surface area (Å²) in [6.07, 6.45) is -8.37. The van der Waals surface area contributed by atoms with E-state index in [1.54, 1.807) is 0 Å². The molecule has 10 nitrogen and oxygen atoms in total. The lowest BCUT2D eigenvalue weighted by Crippen LogP contribution is -2.60. The van der Waals surface area contributed by atoms with E-state index in [1.165, 1.54) is 6.92 Å². The summed E-state index contributed by atoms with van der Waals surface area (Å²) in [6.45, 7) is 2.25. The summed E-state index contributed by atoms with van der Waals surface area (Å²) in [7, 11) is 0. The third kappa shape index (κ3) is 6.12. The summed E-state index contributed by atoms with van der Waals surface area (Å²) < 4.78 is 10.5. The summed E-state index contributed by atoms with van der Waals surface area (Å²) in [6, 6.07) is -0.880. The fourth-order valence-corrected chi connectivity index (χ4v) is 2.45. The lowest BCUT2D eigenvalue weighted by atomic mass is 9.99. The van der Waals surface area contributed by atoms with Crippen LogP contribution in [0.1, 0.15) is 26.7 Å². The van der Waals surface area contributed by atoms with Crippen molar-refractivity contribution >= 4 is 5.91 Å². The zero-order valence-electron chi connectivity index (χ0n) is 14.4. The standard InChI is InChI=1S/C15H29NO9/c1-3-4-9(19)8(16-14(23)7(2)18)6-24-15-13(22)12(21)11(20)10(5-17)25-15/h7-13,15,17-22H,3-6H2,1-2H3,(H,16,23)/t7?,8?,9?,10?,11-,12?,13?,15-/m0/s1. The molecule has 0 aromatic rings. The van der Waals surface area contributed by atoms with Crippen molar-refractivity contribution in [2.75, 3.05) is 13.2 Å². The lowest BCUT2D eigenvalue weighted by molar-refractivity contribution is -0.302. The number of carbonyl (C=O) groups excluding carboxylic acids is 1. The molecule has 0 aromatic heterocycles. The molecule has 0 aliphatic carbocycles. The highest BCUT2D eigenvalue weighted by Crippen LogP contribution is 2.22. The number of hydrogen-bond donors (Lipinski definition) is 7. The molecular weight excluding hydrogens is 338 g/mol. The molecule has 1 fully saturated rings. The topological polar surface area (TPSA) is 169 Å². The van der Waals surface area contributed by atoms with Gasteiger partial charge < -0.3 is 45.4 Å². The number of rotatable bonds is 9. The van der Waals surface area contributed by atoms with Gasteiger partial charge in [-0.3, -0.25) is 4.79 Å². The quantitative estimate of drug-likeness (QED) is 0.222. The van der Waals surface area contributed by atoms with Crippen LogP contribution in [0, 0.1) is 0 Å². The maximum Gasteiger partial charge on any atom is 0.248 e. The van der Waals surface area contributed by atoms with E-state index < -0.39 is 61.5 Å². The van der Waals surface area contributed by atoms with Crippen LogP contribution < -0.4 is 5.32 Å². The van der Waals surface area contributed by atoms with Crippen molar-refractivity contribution in [3.8, 4) is 0 Å². The summed E-state index contributed by atoms with van der Waals surface area (Å²) in [5.41, 5.74) is 0. The maximum absolute atomic E-state index is 11.7. The van der Waals surface area contributed by atoms with E-state index in [1.807, 2.05) is 6.92 Å². The van der Waals surface area contributed by atoms with Gasteiger partial charge in [0.2, 0.25) is 5.91 Å². The third-order valence-corrected chi connectivity index (χ3v) is 4.04. The molecule has 0 radical (unpaired) electrons. The highest BCUT2D eigenvalue weighted by Gasteiger charge is 2.44. The van der Waals surface area contributed by atoms with Gasteiger partial charge in [0.05, 0.1) is 25.4 Å². The number of ether oxygens (including phenoxy) is 2. The minimum Gasteiger partial charge on any atom is -0.394 e. The second kappa shape index (κ2) is 10.3. The Morgan fingerprint density at radius 1 is 1.20 bits per heavy atom. The van der Waals surface area contributed by atoms with Gasteiger partial charge in [0, 0.05) is 0 Å². The van der Waals surface area contributed by atoms with Crippen LogP contribution in [0.5, 0.6) is 0 Å². The van der Waals surface area contributed by atoms with Gasteiger partial charge in [-0.1, -0.05) is 13.3 Å². The second-order valence-corrected chi connectivity index (χ2v) is 6.18. The summed E-state index contributed by atoms with van der Waals surface area (Å²) in [5.74, 6) is -0.697. The van der Waals surface area contributed by atoms with Gasteiger partial charge in [-0.25, -0.2) is 0 Å². The Morgan fingerprint density at radius 3 is 2.36 bits per heavy atom. The SMILES string of the molecule is CCCC(O)C(CO[C@H]1OC(CO)[C@H](O)C(O)C1O)NC(=O)C(C)O. The van der Waals surface area contributed by atoms with Crippen molar-refractivity contribution in [1.29, 1.82) is 0 Å². The molecule has 0 bridgehead atoms. The van der Waals surface area contributed by atoms with Gasteiger partial charge in [-0.2, -0.15) is 0 Å². The Hall–Kier alpha value is -0.850. The number of nitrogens with one attached hydrogen (secondary N) is 1. The molecule has 0 spiro atoms. The fourth-order valence-electron chi connectivity index (χ4n) is 2.45. The molecule has 1 aliphatic rings. The molecule has 7 N–H and O–H groups in total. The fraction of sp³-hybridized carbons (Fsp3) is 0.933. The van der Waals surface area contributed by atoms with Crippen LogP contribution in [0.4, 0.5) is 0 Å².